The van der Waals surface area contributed by atoms with Crippen LogP contribution in [0.5, 0.6) is 5.75 Å². The molecule has 0 saturated carbocycles. The molecule has 4 aliphatic rings. The summed E-state index contributed by atoms with van der Waals surface area (Å²) in [6.45, 7) is 2.31. The summed E-state index contributed by atoms with van der Waals surface area (Å²) in [4.78, 5) is 0. The van der Waals surface area contributed by atoms with E-state index in [-0.39, 0.29) is 11.8 Å². The minimum atomic E-state index is -0.208. The van der Waals surface area contributed by atoms with E-state index in [9.17, 15) is 5.26 Å². The Balaban J connectivity index is 1.04. The fourth-order valence-electron chi connectivity index (χ4n) is 9.51. The highest BCUT2D eigenvalue weighted by Gasteiger charge is 2.34. The maximum Gasteiger partial charge on any atom is 0.130 e. The van der Waals surface area contributed by atoms with Crippen LogP contribution in [0, 0.1) is 23.2 Å². The third kappa shape index (κ3) is 4.55. The Morgan fingerprint density at radius 2 is 1.54 bits per heavy atom. The van der Waals surface area contributed by atoms with Gasteiger partial charge in [-0.15, -0.1) is 0 Å². The molecule has 0 saturated heterocycles. The van der Waals surface area contributed by atoms with Crippen molar-refractivity contribution >= 4 is 50.1 Å². The van der Waals surface area contributed by atoms with E-state index in [0.29, 0.717) is 12.3 Å². The van der Waals surface area contributed by atoms with Gasteiger partial charge in [0.25, 0.3) is 0 Å². The number of para-hydroxylation sites is 4. The molecule has 2 aromatic heterocycles. The number of ether oxygens (including phenoxy) is 1. The molecule has 4 heteroatoms. The van der Waals surface area contributed by atoms with Crippen LogP contribution in [0.25, 0.3) is 66.9 Å². The Bertz CT molecular complexity index is 2920. The molecule has 3 atom stereocenters. The lowest BCUT2D eigenvalue weighted by Crippen LogP contribution is -2.11. The average Bonchev–Trinajstić information content (AvgIpc) is 3.88. The van der Waals surface area contributed by atoms with E-state index in [4.69, 9.17) is 4.74 Å². The summed E-state index contributed by atoms with van der Waals surface area (Å²) >= 11 is 0. The summed E-state index contributed by atoms with van der Waals surface area (Å²) in [5.41, 5.74) is 14.6. The molecule has 1 aliphatic heterocycles. The highest BCUT2D eigenvalue weighted by molar-refractivity contribution is 6.13. The van der Waals surface area contributed by atoms with Gasteiger partial charge in [-0.25, -0.2) is 0 Å². The van der Waals surface area contributed by atoms with E-state index < -0.39 is 0 Å². The van der Waals surface area contributed by atoms with E-state index in [2.05, 4.69) is 174 Å². The maximum absolute atomic E-state index is 10.2. The second-order valence-electron chi connectivity index (χ2n) is 15.1. The van der Waals surface area contributed by atoms with Gasteiger partial charge in [-0.3, -0.25) is 0 Å². The first-order valence-electron chi connectivity index (χ1n) is 19.1. The number of allylic oxidation sites excluding steroid dienone is 9. The van der Waals surface area contributed by atoms with Crippen LogP contribution >= 0.6 is 0 Å². The summed E-state index contributed by atoms with van der Waals surface area (Å²) < 4.78 is 11.4. The van der Waals surface area contributed by atoms with Gasteiger partial charge in [0, 0.05) is 55.8 Å². The van der Waals surface area contributed by atoms with Crippen molar-refractivity contribution in [2.24, 2.45) is 11.8 Å². The Morgan fingerprint density at radius 3 is 2.43 bits per heavy atom. The largest absolute Gasteiger partial charge is 0.461 e. The van der Waals surface area contributed by atoms with Crippen molar-refractivity contribution in [2.45, 2.75) is 32.1 Å². The fraction of sp³-hybridized carbons (Fsp3) is 0.140. The lowest BCUT2D eigenvalue weighted by atomic mass is 9.83. The predicted molar refractivity (Wildman–Crippen MR) is 221 cm³/mol. The van der Waals surface area contributed by atoms with Gasteiger partial charge in [-0.2, -0.15) is 5.26 Å². The first-order chi connectivity index (χ1) is 26.7. The molecule has 7 aromatic rings. The summed E-state index contributed by atoms with van der Waals surface area (Å²) in [5.74, 6) is 2.34. The topological polar surface area (TPSA) is 42.9 Å². The van der Waals surface area contributed by atoms with Crippen LogP contribution in [0.15, 0.2) is 151 Å². The number of rotatable bonds is 4. The van der Waals surface area contributed by atoms with Gasteiger partial charge in [0.15, 0.2) is 0 Å². The Hall–Kier alpha value is -6.57. The lowest BCUT2D eigenvalue weighted by Gasteiger charge is -2.22. The average molecular weight is 696 g/mol. The highest BCUT2D eigenvalue weighted by atomic mass is 16.5. The molecule has 5 aromatic carbocycles. The van der Waals surface area contributed by atoms with Crippen molar-refractivity contribution in [1.82, 2.24) is 9.13 Å². The Kier molecular flexibility index (Phi) is 6.88. The Labute approximate surface area is 314 Å². The SMILES string of the molecule is CC1C=Cc2c(c3cccc(-c4ccc5c(c4)C4CC(c6cccc7c8ccccc8n(C8=CC=CCC8C#N)c67)=CC=C4O5)c3n2-c2ccccc2)C1. The van der Waals surface area contributed by atoms with Gasteiger partial charge in [-0.1, -0.05) is 110 Å². The van der Waals surface area contributed by atoms with Crippen molar-refractivity contribution < 1.29 is 4.74 Å². The number of aromatic nitrogens is 2. The third-order valence-corrected chi connectivity index (χ3v) is 12.0. The molecule has 0 amide bonds. The molecule has 3 unspecified atom stereocenters. The van der Waals surface area contributed by atoms with Crippen LogP contribution in [0.4, 0.5) is 0 Å². The molecule has 4 nitrogen and oxygen atoms in total. The molecule has 0 radical (unpaired) electrons. The maximum atomic E-state index is 10.2. The molecule has 54 heavy (non-hydrogen) atoms. The second-order valence-corrected chi connectivity index (χ2v) is 15.1. The van der Waals surface area contributed by atoms with Crippen molar-refractivity contribution in [1.29, 1.82) is 5.26 Å². The zero-order valence-electron chi connectivity index (χ0n) is 30.0. The van der Waals surface area contributed by atoms with Gasteiger partial charge < -0.3 is 13.9 Å². The molecule has 0 fully saturated rings. The minimum Gasteiger partial charge on any atom is -0.461 e. The van der Waals surface area contributed by atoms with E-state index in [0.717, 1.165) is 41.1 Å². The molecule has 11 rings (SSSR count). The predicted octanol–water partition coefficient (Wildman–Crippen LogP) is 12.4. The number of fused-ring (bicyclic) bond motifs is 9. The monoisotopic (exact) mass is 695 g/mol. The van der Waals surface area contributed by atoms with Crippen molar-refractivity contribution in [2.75, 3.05) is 0 Å². The molecule has 0 N–H and O–H groups in total. The highest BCUT2D eigenvalue weighted by Crippen LogP contribution is 2.51. The van der Waals surface area contributed by atoms with Crippen LogP contribution in [-0.4, -0.2) is 9.13 Å². The van der Waals surface area contributed by atoms with Crippen LogP contribution in [0.3, 0.4) is 0 Å². The number of hydrogen-bond donors (Lipinski definition) is 0. The fourth-order valence-corrected chi connectivity index (χ4v) is 9.51. The van der Waals surface area contributed by atoms with Gasteiger partial charge >= 0.3 is 0 Å². The minimum absolute atomic E-state index is 0.105. The third-order valence-electron chi connectivity index (χ3n) is 12.0. The number of benzene rings is 5. The van der Waals surface area contributed by atoms with E-state index >= 15 is 0 Å². The molecular formula is C50H37N3O. The van der Waals surface area contributed by atoms with Crippen molar-refractivity contribution in [3.05, 3.63) is 174 Å². The van der Waals surface area contributed by atoms with Crippen LogP contribution in [0.2, 0.25) is 0 Å². The molecule has 0 bridgehead atoms. The quantitative estimate of drug-likeness (QED) is 0.184. The number of hydrogen-bond acceptors (Lipinski definition) is 2. The molecule has 3 heterocycles. The number of nitriles is 1. The van der Waals surface area contributed by atoms with Gasteiger partial charge in [0.1, 0.15) is 11.5 Å². The van der Waals surface area contributed by atoms with Crippen LogP contribution < -0.4 is 4.74 Å². The van der Waals surface area contributed by atoms with Gasteiger partial charge in [0.2, 0.25) is 0 Å². The lowest BCUT2D eigenvalue weighted by molar-refractivity contribution is 0.426. The van der Waals surface area contributed by atoms with Gasteiger partial charge in [0.05, 0.1) is 28.5 Å². The summed E-state index contributed by atoms with van der Waals surface area (Å²) in [7, 11) is 0. The van der Waals surface area contributed by atoms with E-state index in [1.807, 2.05) is 0 Å². The summed E-state index contributed by atoms with van der Waals surface area (Å²) in [5, 5.41) is 14.0. The normalized spacial score (nSPS) is 19.9. The molecule has 3 aliphatic carbocycles. The van der Waals surface area contributed by atoms with E-state index in [1.54, 1.807) is 0 Å². The Morgan fingerprint density at radius 1 is 0.741 bits per heavy atom. The number of nitrogens with zero attached hydrogens (tertiary/aromatic N) is 3. The first-order valence-corrected chi connectivity index (χ1v) is 19.1. The molecule has 258 valence electrons. The second kappa shape index (κ2) is 12.0. The zero-order chi connectivity index (χ0) is 35.9. The smallest absolute Gasteiger partial charge is 0.130 e. The van der Waals surface area contributed by atoms with Crippen molar-refractivity contribution in [3.63, 3.8) is 0 Å². The summed E-state index contributed by atoms with van der Waals surface area (Å²) in [6.07, 6.45) is 18.0. The first kappa shape index (κ1) is 31.0. The molecule has 0 spiro atoms. The molecular weight excluding hydrogens is 659 g/mol. The zero-order valence-corrected chi connectivity index (χ0v) is 30.0. The van der Waals surface area contributed by atoms with Crippen LogP contribution in [-0.2, 0) is 6.42 Å². The van der Waals surface area contributed by atoms with Gasteiger partial charge in [-0.05, 0) is 90.4 Å². The van der Waals surface area contributed by atoms with Crippen molar-refractivity contribution in [3.8, 4) is 28.6 Å². The van der Waals surface area contributed by atoms with E-state index in [1.165, 1.54) is 66.4 Å². The summed E-state index contributed by atoms with van der Waals surface area (Å²) in [6, 6.07) is 42.2. The van der Waals surface area contributed by atoms with Crippen LogP contribution in [0.1, 0.15) is 48.1 Å². The standard InChI is InChI=1S/C50H37N3O/c1-31-21-24-46-41(27-31)40-18-10-15-36(49(40)52(46)35-12-3-2-4-13-35)32-22-25-47-42(28-32)43-29-33(23-26-48(43)54-47)37-16-9-17-39-38-14-6-8-20-45(38)53(50(37)39)44-19-7-5-11-34(44)30-51/h2-10,12-26,28,31,34,43H,11,27,29H2,1H3.